The Labute approximate surface area is 108 Å². The summed E-state index contributed by atoms with van der Waals surface area (Å²) in [6, 6.07) is 11.5. The lowest BCUT2D eigenvalue weighted by molar-refractivity contribution is -0.384. The molecule has 2 rings (SSSR count). The van der Waals surface area contributed by atoms with Gasteiger partial charge >= 0.3 is 0 Å². The third-order valence-corrected chi connectivity index (χ3v) is 3.16. The molecule has 2 aromatic rings. The summed E-state index contributed by atoms with van der Waals surface area (Å²) in [7, 11) is 0. The summed E-state index contributed by atoms with van der Waals surface area (Å²) in [4.78, 5) is 10.1. The molecule has 17 heavy (non-hydrogen) atoms. The summed E-state index contributed by atoms with van der Waals surface area (Å²) >= 11 is 12.0. The van der Waals surface area contributed by atoms with E-state index in [-0.39, 0.29) is 5.69 Å². The Kier molecular flexibility index (Phi) is 3.31. The van der Waals surface area contributed by atoms with Crippen molar-refractivity contribution >= 4 is 28.9 Å². The number of hydrogen-bond donors (Lipinski definition) is 0. The molecule has 0 amide bonds. The molecule has 0 atom stereocenters. The zero-order chi connectivity index (χ0) is 12.4. The van der Waals surface area contributed by atoms with Gasteiger partial charge in [-0.1, -0.05) is 35.3 Å². The standard InChI is InChI=1S/C12H7Cl2NO2/c13-11-3-1-2-10(12(11)14)8-4-6-9(7-5-8)15(16)17/h1-7H. The van der Waals surface area contributed by atoms with Crippen LogP contribution in [-0.4, -0.2) is 4.92 Å². The molecule has 0 aliphatic heterocycles. The van der Waals surface area contributed by atoms with Crippen molar-refractivity contribution in [1.29, 1.82) is 0 Å². The van der Waals surface area contributed by atoms with Crippen molar-refractivity contribution in [2.75, 3.05) is 0 Å². The van der Waals surface area contributed by atoms with Gasteiger partial charge in [0.2, 0.25) is 0 Å². The number of benzene rings is 2. The van der Waals surface area contributed by atoms with Crippen LogP contribution >= 0.6 is 23.2 Å². The number of nitro groups is 1. The Morgan fingerprint density at radius 1 is 1.00 bits per heavy atom. The predicted octanol–water partition coefficient (Wildman–Crippen LogP) is 4.57. The molecule has 0 unspecified atom stereocenters. The largest absolute Gasteiger partial charge is 0.269 e. The summed E-state index contributed by atoms with van der Waals surface area (Å²) in [6.45, 7) is 0. The fourth-order valence-corrected chi connectivity index (χ4v) is 1.90. The molecule has 5 heteroatoms. The van der Waals surface area contributed by atoms with Gasteiger partial charge in [0.15, 0.2) is 0 Å². The third-order valence-electron chi connectivity index (χ3n) is 2.34. The van der Waals surface area contributed by atoms with Crippen LogP contribution in [0.3, 0.4) is 0 Å². The molecule has 0 fully saturated rings. The van der Waals surface area contributed by atoms with Crippen molar-refractivity contribution in [2.24, 2.45) is 0 Å². The highest BCUT2D eigenvalue weighted by Gasteiger charge is 2.09. The highest BCUT2D eigenvalue weighted by Crippen LogP contribution is 2.33. The normalized spacial score (nSPS) is 10.2. The molecule has 0 saturated heterocycles. The van der Waals surface area contributed by atoms with Crippen LogP contribution in [0.4, 0.5) is 5.69 Å². The van der Waals surface area contributed by atoms with Crippen molar-refractivity contribution < 1.29 is 4.92 Å². The van der Waals surface area contributed by atoms with Gasteiger partial charge in [-0.15, -0.1) is 0 Å². The lowest BCUT2D eigenvalue weighted by atomic mass is 10.1. The first kappa shape index (κ1) is 11.9. The van der Waals surface area contributed by atoms with E-state index in [0.29, 0.717) is 10.0 Å². The van der Waals surface area contributed by atoms with E-state index in [1.54, 1.807) is 24.3 Å². The van der Waals surface area contributed by atoms with E-state index in [0.717, 1.165) is 11.1 Å². The maximum absolute atomic E-state index is 10.5. The van der Waals surface area contributed by atoms with Gasteiger partial charge in [0.25, 0.3) is 5.69 Å². The SMILES string of the molecule is O=[N+]([O-])c1ccc(-c2cccc(Cl)c2Cl)cc1. The number of nitro benzene ring substituents is 1. The number of non-ortho nitro benzene ring substituents is 1. The lowest BCUT2D eigenvalue weighted by Crippen LogP contribution is -1.87. The third kappa shape index (κ3) is 2.40. The Morgan fingerprint density at radius 3 is 2.24 bits per heavy atom. The zero-order valence-electron chi connectivity index (χ0n) is 8.56. The maximum Gasteiger partial charge on any atom is 0.269 e. The molecular weight excluding hydrogens is 261 g/mol. The molecule has 0 bridgehead atoms. The highest BCUT2D eigenvalue weighted by molar-refractivity contribution is 6.43. The van der Waals surface area contributed by atoms with Crippen LogP contribution in [0.1, 0.15) is 0 Å². The quantitative estimate of drug-likeness (QED) is 0.591. The Balaban J connectivity index is 2.47. The van der Waals surface area contributed by atoms with E-state index in [1.807, 2.05) is 6.07 Å². The van der Waals surface area contributed by atoms with Crippen molar-refractivity contribution in [3.05, 3.63) is 62.6 Å². The summed E-state index contributed by atoms with van der Waals surface area (Å²) in [5.41, 5.74) is 1.60. The van der Waals surface area contributed by atoms with Crippen molar-refractivity contribution in [2.45, 2.75) is 0 Å². The predicted molar refractivity (Wildman–Crippen MR) is 68.6 cm³/mol. The second-order valence-electron chi connectivity index (χ2n) is 3.41. The first-order valence-electron chi connectivity index (χ1n) is 4.78. The second-order valence-corrected chi connectivity index (χ2v) is 4.19. The topological polar surface area (TPSA) is 43.1 Å². The summed E-state index contributed by atoms with van der Waals surface area (Å²) < 4.78 is 0. The van der Waals surface area contributed by atoms with E-state index in [2.05, 4.69) is 0 Å². The minimum atomic E-state index is -0.441. The van der Waals surface area contributed by atoms with Gasteiger partial charge in [-0.25, -0.2) is 0 Å². The molecule has 0 aromatic heterocycles. The van der Waals surface area contributed by atoms with Crippen LogP contribution in [0.5, 0.6) is 0 Å². The Morgan fingerprint density at radius 2 is 1.65 bits per heavy atom. The number of nitrogens with zero attached hydrogens (tertiary/aromatic N) is 1. The molecule has 0 aliphatic carbocycles. The maximum atomic E-state index is 10.5. The highest BCUT2D eigenvalue weighted by atomic mass is 35.5. The molecule has 0 aliphatic rings. The number of rotatable bonds is 2. The fraction of sp³-hybridized carbons (Fsp3) is 0. The molecule has 0 saturated carbocycles. The van der Waals surface area contributed by atoms with Gasteiger partial charge < -0.3 is 0 Å². The molecule has 3 nitrogen and oxygen atoms in total. The molecule has 86 valence electrons. The Bertz CT molecular complexity index is 567. The van der Waals surface area contributed by atoms with Gasteiger partial charge in [-0.2, -0.15) is 0 Å². The fourth-order valence-electron chi connectivity index (χ4n) is 1.49. The number of halogens is 2. The Hall–Kier alpha value is -1.58. The van der Waals surface area contributed by atoms with Gasteiger partial charge in [-0.05, 0) is 23.8 Å². The van der Waals surface area contributed by atoms with Gasteiger partial charge in [0.1, 0.15) is 0 Å². The lowest BCUT2D eigenvalue weighted by Gasteiger charge is -2.05. The molecular formula is C12H7Cl2NO2. The van der Waals surface area contributed by atoms with Crippen LogP contribution in [0.25, 0.3) is 11.1 Å². The number of hydrogen-bond acceptors (Lipinski definition) is 2. The summed E-state index contributed by atoms with van der Waals surface area (Å²) in [6.07, 6.45) is 0. The summed E-state index contributed by atoms with van der Waals surface area (Å²) in [5.74, 6) is 0. The first-order valence-corrected chi connectivity index (χ1v) is 5.54. The van der Waals surface area contributed by atoms with Crippen molar-refractivity contribution in [1.82, 2.24) is 0 Å². The van der Waals surface area contributed by atoms with E-state index in [4.69, 9.17) is 23.2 Å². The minimum absolute atomic E-state index is 0.0481. The van der Waals surface area contributed by atoms with Crippen LogP contribution in [-0.2, 0) is 0 Å². The molecule has 0 radical (unpaired) electrons. The first-order chi connectivity index (χ1) is 8.09. The monoisotopic (exact) mass is 267 g/mol. The van der Waals surface area contributed by atoms with E-state index in [9.17, 15) is 10.1 Å². The zero-order valence-corrected chi connectivity index (χ0v) is 10.1. The minimum Gasteiger partial charge on any atom is -0.258 e. The van der Waals surface area contributed by atoms with Crippen molar-refractivity contribution in [3.63, 3.8) is 0 Å². The van der Waals surface area contributed by atoms with Crippen molar-refractivity contribution in [3.8, 4) is 11.1 Å². The van der Waals surface area contributed by atoms with Crippen LogP contribution in [0, 0.1) is 10.1 Å². The average molecular weight is 268 g/mol. The smallest absolute Gasteiger partial charge is 0.258 e. The molecule has 0 heterocycles. The molecule has 2 aromatic carbocycles. The summed E-state index contributed by atoms with van der Waals surface area (Å²) in [5, 5.41) is 11.4. The van der Waals surface area contributed by atoms with Crippen LogP contribution in [0.2, 0.25) is 10.0 Å². The van der Waals surface area contributed by atoms with Gasteiger partial charge in [-0.3, -0.25) is 10.1 Å². The molecule has 0 spiro atoms. The van der Waals surface area contributed by atoms with Gasteiger partial charge in [0.05, 0.1) is 15.0 Å². The van der Waals surface area contributed by atoms with Crippen LogP contribution in [0.15, 0.2) is 42.5 Å². The van der Waals surface area contributed by atoms with Gasteiger partial charge in [0, 0.05) is 17.7 Å². The second kappa shape index (κ2) is 4.73. The van der Waals surface area contributed by atoms with Crippen LogP contribution < -0.4 is 0 Å². The average Bonchev–Trinajstić information content (AvgIpc) is 2.33. The van der Waals surface area contributed by atoms with E-state index in [1.165, 1.54) is 12.1 Å². The van der Waals surface area contributed by atoms with E-state index < -0.39 is 4.92 Å². The molecule has 0 N–H and O–H groups in total. The van der Waals surface area contributed by atoms with E-state index >= 15 is 0 Å².